The number of benzene rings is 2. The number of nitrogens with zero attached hydrogens (tertiary/aromatic N) is 2. The molecule has 2 aromatic carbocycles. The molecule has 0 bridgehead atoms. The lowest BCUT2D eigenvalue weighted by Crippen LogP contribution is -2.20. The molecule has 0 radical (unpaired) electrons. The molecule has 1 heterocycles. The first-order chi connectivity index (χ1) is 11.6. The standard InChI is InChI=1S/C18H17N3O3/c1-12-6-5-7-14(10-12)20-17(22)11-23-16-9-4-3-8-15(16)18-19-13(2)21-24-18/h3-10H,11H2,1-2H3,(H,20,22). The highest BCUT2D eigenvalue weighted by atomic mass is 16.5. The Labute approximate surface area is 139 Å². The van der Waals surface area contributed by atoms with Crippen molar-refractivity contribution in [3.63, 3.8) is 0 Å². The van der Waals surface area contributed by atoms with E-state index in [1.165, 1.54) is 0 Å². The van der Waals surface area contributed by atoms with Crippen molar-refractivity contribution in [2.24, 2.45) is 0 Å². The van der Waals surface area contributed by atoms with Gasteiger partial charge in [-0.1, -0.05) is 29.4 Å². The van der Waals surface area contributed by atoms with E-state index in [0.717, 1.165) is 11.3 Å². The molecule has 24 heavy (non-hydrogen) atoms. The Bertz CT molecular complexity index is 858. The van der Waals surface area contributed by atoms with E-state index in [9.17, 15) is 4.79 Å². The number of ether oxygens (including phenoxy) is 1. The van der Waals surface area contributed by atoms with Crippen molar-refractivity contribution in [2.75, 3.05) is 11.9 Å². The van der Waals surface area contributed by atoms with E-state index in [4.69, 9.17) is 9.26 Å². The first kappa shape index (κ1) is 15.7. The Morgan fingerprint density at radius 2 is 2.00 bits per heavy atom. The fourth-order valence-corrected chi connectivity index (χ4v) is 2.24. The van der Waals surface area contributed by atoms with Crippen LogP contribution in [0.4, 0.5) is 5.69 Å². The van der Waals surface area contributed by atoms with Crippen molar-refractivity contribution in [1.29, 1.82) is 0 Å². The SMILES string of the molecule is Cc1cccc(NC(=O)COc2ccccc2-c2nc(C)no2)c1. The maximum atomic E-state index is 12.1. The van der Waals surface area contributed by atoms with E-state index in [-0.39, 0.29) is 12.5 Å². The molecule has 6 nitrogen and oxygen atoms in total. The molecule has 0 saturated heterocycles. The quantitative estimate of drug-likeness (QED) is 0.779. The van der Waals surface area contributed by atoms with Crippen LogP contribution in [0.15, 0.2) is 53.1 Å². The van der Waals surface area contributed by atoms with Gasteiger partial charge in [0.15, 0.2) is 12.4 Å². The van der Waals surface area contributed by atoms with Gasteiger partial charge < -0.3 is 14.6 Å². The molecule has 0 aliphatic rings. The molecule has 1 amide bonds. The first-order valence-corrected chi connectivity index (χ1v) is 7.51. The molecule has 3 aromatic rings. The first-order valence-electron chi connectivity index (χ1n) is 7.51. The number of hydrogen-bond acceptors (Lipinski definition) is 5. The summed E-state index contributed by atoms with van der Waals surface area (Å²) in [4.78, 5) is 16.2. The number of aryl methyl sites for hydroxylation is 2. The highest BCUT2D eigenvalue weighted by molar-refractivity contribution is 5.92. The molecule has 0 saturated carbocycles. The van der Waals surface area contributed by atoms with Gasteiger partial charge in [-0.3, -0.25) is 4.79 Å². The van der Waals surface area contributed by atoms with Crippen LogP contribution in [0.25, 0.3) is 11.5 Å². The van der Waals surface area contributed by atoms with Gasteiger partial charge in [0.25, 0.3) is 11.8 Å². The number of carbonyl (C=O) groups excluding carboxylic acids is 1. The zero-order valence-corrected chi connectivity index (χ0v) is 13.4. The molecule has 122 valence electrons. The van der Waals surface area contributed by atoms with Crippen molar-refractivity contribution >= 4 is 11.6 Å². The van der Waals surface area contributed by atoms with Crippen LogP contribution in [0, 0.1) is 13.8 Å². The van der Waals surface area contributed by atoms with E-state index in [1.54, 1.807) is 19.1 Å². The summed E-state index contributed by atoms with van der Waals surface area (Å²) >= 11 is 0. The number of rotatable bonds is 5. The minimum atomic E-state index is -0.239. The minimum absolute atomic E-state index is 0.113. The third-order valence-corrected chi connectivity index (χ3v) is 3.31. The number of amides is 1. The fraction of sp³-hybridized carbons (Fsp3) is 0.167. The van der Waals surface area contributed by atoms with Crippen LogP contribution in [0.2, 0.25) is 0 Å². The van der Waals surface area contributed by atoms with Gasteiger partial charge in [-0.2, -0.15) is 4.98 Å². The summed E-state index contributed by atoms with van der Waals surface area (Å²) in [6.07, 6.45) is 0. The summed E-state index contributed by atoms with van der Waals surface area (Å²) in [6.45, 7) is 3.60. The van der Waals surface area contributed by atoms with Gasteiger partial charge in [0.1, 0.15) is 5.75 Å². The van der Waals surface area contributed by atoms with E-state index in [1.807, 2.05) is 43.3 Å². The number of hydrogen-bond donors (Lipinski definition) is 1. The van der Waals surface area contributed by atoms with E-state index >= 15 is 0 Å². The maximum absolute atomic E-state index is 12.1. The number of anilines is 1. The third-order valence-electron chi connectivity index (χ3n) is 3.31. The van der Waals surface area contributed by atoms with Gasteiger partial charge in [-0.05, 0) is 43.7 Å². The Morgan fingerprint density at radius 3 is 2.75 bits per heavy atom. The summed E-state index contributed by atoms with van der Waals surface area (Å²) in [7, 11) is 0. The molecule has 0 unspecified atom stereocenters. The highest BCUT2D eigenvalue weighted by Crippen LogP contribution is 2.28. The largest absolute Gasteiger partial charge is 0.483 e. The predicted molar refractivity (Wildman–Crippen MR) is 89.8 cm³/mol. The Balaban J connectivity index is 1.67. The summed E-state index contributed by atoms with van der Waals surface area (Å²) in [5.74, 6) is 1.18. The van der Waals surface area contributed by atoms with Crippen LogP contribution in [-0.4, -0.2) is 22.7 Å². The van der Waals surface area contributed by atoms with Gasteiger partial charge in [0, 0.05) is 5.69 Å². The zero-order valence-electron chi connectivity index (χ0n) is 13.4. The van der Waals surface area contributed by atoms with Gasteiger partial charge in [0.2, 0.25) is 0 Å². The lowest BCUT2D eigenvalue weighted by atomic mass is 10.2. The van der Waals surface area contributed by atoms with E-state index in [2.05, 4.69) is 15.5 Å². The second-order valence-electron chi connectivity index (χ2n) is 5.35. The molecule has 0 atom stereocenters. The lowest BCUT2D eigenvalue weighted by Gasteiger charge is -2.10. The van der Waals surface area contributed by atoms with E-state index in [0.29, 0.717) is 23.0 Å². The van der Waals surface area contributed by atoms with Gasteiger partial charge in [-0.25, -0.2) is 0 Å². The molecular formula is C18H17N3O3. The number of para-hydroxylation sites is 1. The van der Waals surface area contributed by atoms with Crippen LogP contribution in [-0.2, 0) is 4.79 Å². The average Bonchev–Trinajstić information content (AvgIpc) is 2.99. The molecule has 0 aliphatic heterocycles. The van der Waals surface area contributed by atoms with E-state index < -0.39 is 0 Å². The van der Waals surface area contributed by atoms with Gasteiger partial charge in [0.05, 0.1) is 5.56 Å². The number of nitrogens with one attached hydrogen (secondary N) is 1. The van der Waals surface area contributed by atoms with Crippen LogP contribution in [0.5, 0.6) is 5.75 Å². The van der Waals surface area contributed by atoms with Crippen molar-refractivity contribution in [3.8, 4) is 17.2 Å². The van der Waals surface area contributed by atoms with Crippen LogP contribution in [0.3, 0.4) is 0 Å². The Hall–Kier alpha value is -3.15. The highest BCUT2D eigenvalue weighted by Gasteiger charge is 2.13. The van der Waals surface area contributed by atoms with Crippen molar-refractivity contribution in [3.05, 3.63) is 59.9 Å². The molecule has 1 aromatic heterocycles. The third kappa shape index (κ3) is 3.78. The Kier molecular flexibility index (Phi) is 4.56. The molecule has 0 aliphatic carbocycles. The lowest BCUT2D eigenvalue weighted by molar-refractivity contribution is -0.118. The van der Waals surface area contributed by atoms with Gasteiger partial charge in [-0.15, -0.1) is 0 Å². The molecule has 1 N–H and O–H groups in total. The number of aromatic nitrogens is 2. The second-order valence-corrected chi connectivity index (χ2v) is 5.35. The molecule has 3 rings (SSSR count). The maximum Gasteiger partial charge on any atom is 0.262 e. The summed E-state index contributed by atoms with van der Waals surface area (Å²) in [5.41, 5.74) is 2.47. The fourth-order valence-electron chi connectivity index (χ4n) is 2.24. The second kappa shape index (κ2) is 6.95. The molecule has 6 heteroatoms. The summed E-state index contributed by atoms with van der Waals surface area (Å²) < 4.78 is 10.8. The van der Waals surface area contributed by atoms with Crippen molar-refractivity contribution < 1.29 is 14.1 Å². The average molecular weight is 323 g/mol. The van der Waals surface area contributed by atoms with Crippen LogP contribution in [0.1, 0.15) is 11.4 Å². The molecular weight excluding hydrogens is 306 g/mol. The monoisotopic (exact) mass is 323 g/mol. The summed E-state index contributed by atoms with van der Waals surface area (Å²) in [6, 6.07) is 14.8. The molecule has 0 spiro atoms. The topological polar surface area (TPSA) is 77.2 Å². The van der Waals surface area contributed by atoms with Crippen LogP contribution >= 0.6 is 0 Å². The van der Waals surface area contributed by atoms with Crippen molar-refractivity contribution in [2.45, 2.75) is 13.8 Å². The normalized spacial score (nSPS) is 10.4. The predicted octanol–water partition coefficient (Wildman–Crippen LogP) is 3.37. The van der Waals surface area contributed by atoms with Crippen molar-refractivity contribution in [1.82, 2.24) is 10.1 Å². The smallest absolute Gasteiger partial charge is 0.262 e. The summed E-state index contributed by atoms with van der Waals surface area (Å²) in [5, 5.41) is 6.57. The van der Waals surface area contributed by atoms with Crippen LogP contribution < -0.4 is 10.1 Å². The molecule has 0 fully saturated rings. The Morgan fingerprint density at radius 1 is 1.17 bits per heavy atom. The van der Waals surface area contributed by atoms with Gasteiger partial charge >= 0.3 is 0 Å². The minimum Gasteiger partial charge on any atom is -0.483 e. The number of carbonyl (C=O) groups is 1. The zero-order chi connectivity index (χ0) is 16.9.